The molecular weight excluding hydrogens is 419 g/mol. The molecule has 0 bridgehead atoms. The lowest BCUT2D eigenvalue weighted by Crippen LogP contribution is -2.29. The van der Waals surface area contributed by atoms with Crippen molar-refractivity contribution >= 4 is 17.4 Å². The van der Waals surface area contributed by atoms with Gasteiger partial charge in [-0.3, -0.25) is 14.6 Å². The highest BCUT2D eigenvalue weighted by Crippen LogP contribution is 2.40. The third-order valence-corrected chi connectivity index (χ3v) is 6.42. The average Bonchev–Trinajstić information content (AvgIpc) is 3.09. The number of halogens is 1. The second-order valence-electron chi connectivity index (χ2n) is 8.53. The lowest BCUT2D eigenvalue weighted by molar-refractivity contribution is -0.140. The van der Waals surface area contributed by atoms with E-state index in [1.807, 2.05) is 18.2 Å². The van der Waals surface area contributed by atoms with E-state index >= 15 is 0 Å². The number of nitrogens with zero attached hydrogens (tertiary/aromatic N) is 2. The number of hydrogen-bond donors (Lipinski definition) is 1. The molecule has 5 nitrogen and oxygen atoms in total. The van der Waals surface area contributed by atoms with Crippen molar-refractivity contribution in [2.45, 2.75) is 38.3 Å². The number of amides is 1. The SMILES string of the molecule is O=C1C(=O)N(Cc2cccnc2)C(c2ccc(F)cc2)/C1=C(/O)c1ccc2c(c1)CCCC2. The molecule has 3 aromatic rings. The van der Waals surface area contributed by atoms with Crippen LogP contribution in [0.3, 0.4) is 0 Å². The van der Waals surface area contributed by atoms with E-state index in [1.165, 1.54) is 22.6 Å². The third kappa shape index (κ3) is 3.93. The fraction of sp³-hybridized carbons (Fsp3) is 0.222. The number of carbonyl (C=O) groups is 2. The molecular formula is C27H23FN2O3. The Morgan fingerprint density at radius 3 is 2.52 bits per heavy atom. The van der Waals surface area contributed by atoms with Gasteiger partial charge in [-0.25, -0.2) is 4.39 Å². The van der Waals surface area contributed by atoms with E-state index < -0.39 is 23.5 Å². The van der Waals surface area contributed by atoms with Crippen molar-refractivity contribution in [3.63, 3.8) is 0 Å². The zero-order valence-corrected chi connectivity index (χ0v) is 18.0. The molecule has 0 saturated carbocycles. The van der Waals surface area contributed by atoms with Crippen LogP contribution in [0.15, 0.2) is 72.6 Å². The summed E-state index contributed by atoms with van der Waals surface area (Å²) in [5.41, 5.74) is 4.26. The van der Waals surface area contributed by atoms with Gasteiger partial charge in [-0.05, 0) is 72.2 Å². The summed E-state index contributed by atoms with van der Waals surface area (Å²) in [4.78, 5) is 31.7. The van der Waals surface area contributed by atoms with Gasteiger partial charge in [0.1, 0.15) is 11.6 Å². The average molecular weight is 442 g/mol. The van der Waals surface area contributed by atoms with Crippen molar-refractivity contribution in [1.82, 2.24) is 9.88 Å². The van der Waals surface area contributed by atoms with Crippen LogP contribution in [0.4, 0.5) is 4.39 Å². The largest absolute Gasteiger partial charge is 0.507 e. The van der Waals surface area contributed by atoms with Crippen LogP contribution in [0.1, 0.15) is 46.7 Å². The lowest BCUT2D eigenvalue weighted by Gasteiger charge is -2.25. The van der Waals surface area contributed by atoms with Crippen molar-refractivity contribution in [2.75, 3.05) is 0 Å². The molecule has 2 aliphatic rings. The van der Waals surface area contributed by atoms with Crippen molar-refractivity contribution in [1.29, 1.82) is 0 Å². The van der Waals surface area contributed by atoms with Gasteiger partial charge in [0.05, 0.1) is 11.6 Å². The number of Topliss-reactive ketones (excluding diaryl/α,β-unsaturated/α-hetero) is 1. The molecule has 0 radical (unpaired) electrons. The molecule has 0 spiro atoms. The number of ketones is 1. The minimum atomic E-state index is -0.832. The van der Waals surface area contributed by atoms with E-state index in [4.69, 9.17) is 0 Å². The van der Waals surface area contributed by atoms with Crippen molar-refractivity contribution in [3.8, 4) is 0 Å². The van der Waals surface area contributed by atoms with Gasteiger partial charge in [-0.15, -0.1) is 0 Å². The second kappa shape index (κ2) is 8.62. The number of fused-ring (bicyclic) bond motifs is 1. The lowest BCUT2D eigenvalue weighted by atomic mass is 9.88. The molecule has 2 heterocycles. The Labute approximate surface area is 191 Å². The molecule has 5 rings (SSSR count). The minimum Gasteiger partial charge on any atom is -0.507 e. The van der Waals surface area contributed by atoms with E-state index in [9.17, 15) is 19.1 Å². The van der Waals surface area contributed by atoms with E-state index in [-0.39, 0.29) is 17.9 Å². The molecule has 2 aromatic carbocycles. The quantitative estimate of drug-likeness (QED) is 0.361. The zero-order chi connectivity index (χ0) is 22.9. The first-order valence-electron chi connectivity index (χ1n) is 11.1. The maximum Gasteiger partial charge on any atom is 0.295 e. The molecule has 166 valence electrons. The number of aromatic nitrogens is 1. The highest BCUT2D eigenvalue weighted by Gasteiger charge is 2.46. The van der Waals surface area contributed by atoms with Gasteiger partial charge in [0, 0.05) is 24.5 Å². The van der Waals surface area contributed by atoms with Crippen molar-refractivity contribution in [3.05, 3.63) is 106 Å². The number of rotatable bonds is 4. The molecule has 1 N–H and O–H groups in total. The van der Waals surface area contributed by atoms with Crippen LogP contribution in [0.5, 0.6) is 0 Å². The third-order valence-electron chi connectivity index (χ3n) is 6.42. The molecule has 1 unspecified atom stereocenters. The molecule has 1 atom stereocenters. The minimum absolute atomic E-state index is 0.0197. The fourth-order valence-electron chi connectivity index (χ4n) is 4.76. The summed E-state index contributed by atoms with van der Waals surface area (Å²) in [6, 6.07) is 14.1. The summed E-state index contributed by atoms with van der Waals surface area (Å²) < 4.78 is 13.6. The van der Waals surface area contributed by atoms with Gasteiger partial charge < -0.3 is 10.0 Å². The fourth-order valence-corrected chi connectivity index (χ4v) is 4.76. The zero-order valence-electron chi connectivity index (χ0n) is 18.0. The van der Waals surface area contributed by atoms with Gasteiger partial charge in [0.2, 0.25) is 0 Å². The van der Waals surface area contributed by atoms with Crippen LogP contribution < -0.4 is 0 Å². The number of aryl methyl sites for hydroxylation is 2. The van der Waals surface area contributed by atoms with Crippen LogP contribution in [-0.4, -0.2) is 26.7 Å². The first kappa shape index (κ1) is 21.1. The number of aliphatic hydroxyl groups is 1. The Morgan fingerprint density at radius 2 is 1.79 bits per heavy atom. The molecule has 1 aliphatic carbocycles. The number of carbonyl (C=O) groups excluding carboxylic acids is 2. The Kier molecular flexibility index (Phi) is 5.50. The van der Waals surface area contributed by atoms with Crippen LogP contribution in [-0.2, 0) is 29.0 Å². The first-order valence-corrected chi connectivity index (χ1v) is 11.1. The van der Waals surface area contributed by atoms with Crippen LogP contribution in [0.2, 0.25) is 0 Å². The van der Waals surface area contributed by atoms with E-state index in [1.54, 1.807) is 36.7 Å². The maximum absolute atomic E-state index is 13.6. The monoisotopic (exact) mass is 442 g/mol. The first-order chi connectivity index (χ1) is 16.0. The highest BCUT2D eigenvalue weighted by molar-refractivity contribution is 6.46. The Hall–Kier alpha value is -3.80. The molecule has 1 fully saturated rings. The topological polar surface area (TPSA) is 70.5 Å². The molecule has 1 aromatic heterocycles. The summed E-state index contributed by atoms with van der Waals surface area (Å²) in [6.45, 7) is 0.140. The van der Waals surface area contributed by atoms with Gasteiger partial charge >= 0.3 is 0 Å². The number of benzene rings is 2. The number of aliphatic hydroxyl groups excluding tert-OH is 1. The number of hydrogen-bond acceptors (Lipinski definition) is 4. The normalized spacial score (nSPS) is 19.5. The summed E-state index contributed by atoms with van der Waals surface area (Å²) in [7, 11) is 0. The van der Waals surface area contributed by atoms with E-state index in [2.05, 4.69) is 4.98 Å². The molecule has 33 heavy (non-hydrogen) atoms. The molecule has 1 amide bonds. The van der Waals surface area contributed by atoms with Crippen LogP contribution in [0, 0.1) is 5.82 Å². The molecule has 1 aliphatic heterocycles. The van der Waals surface area contributed by atoms with Gasteiger partial charge in [-0.1, -0.05) is 30.3 Å². The summed E-state index contributed by atoms with van der Waals surface area (Å²) >= 11 is 0. The summed E-state index contributed by atoms with van der Waals surface area (Å²) in [6.07, 6.45) is 7.41. The Bertz CT molecular complexity index is 1250. The number of likely N-dealkylation sites (tertiary alicyclic amines) is 1. The van der Waals surface area contributed by atoms with Crippen LogP contribution in [0.25, 0.3) is 5.76 Å². The van der Waals surface area contributed by atoms with E-state index in [0.29, 0.717) is 11.1 Å². The predicted octanol–water partition coefficient (Wildman–Crippen LogP) is 4.72. The standard InChI is InChI=1S/C27H23FN2O3/c28-22-11-9-19(10-12-22)24-23(25(31)21-8-7-18-5-1-2-6-20(18)14-21)26(32)27(33)30(24)16-17-4-3-13-29-15-17/h3-4,7-15,24,31H,1-2,5-6,16H2/b25-23-. The second-order valence-corrected chi connectivity index (χ2v) is 8.53. The number of pyridine rings is 1. The van der Waals surface area contributed by atoms with Crippen LogP contribution >= 0.6 is 0 Å². The van der Waals surface area contributed by atoms with E-state index in [0.717, 1.165) is 36.8 Å². The molecule has 6 heteroatoms. The maximum atomic E-state index is 13.6. The summed E-state index contributed by atoms with van der Waals surface area (Å²) in [5.74, 6) is -2.07. The van der Waals surface area contributed by atoms with Gasteiger partial charge in [0.15, 0.2) is 0 Å². The summed E-state index contributed by atoms with van der Waals surface area (Å²) in [5, 5.41) is 11.3. The molecule has 1 saturated heterocycles. The predicted molar refractivity (Wildman–Crippen MR) is 122 cm³/mol. The van der Waals surface area contributed by atoms with Crippen molar-refractivity contribution in [2.24, 2.45) is 0 Å². The van der Waals surface area contributed by atoms with Gasteiger partial charge in [-0.2, -0.15) is 0 Å². The smallest absolute Gasteiger partial charge is 0.295 e. The Balaban J connectivity index is 1.63. The Morgan fingerprint density at radius 1 is 1.03 bits per heavy atom. The van der Waals surface area contributed by atoms with Crippen molar-refractivity contribution < 1.29 is 19.1 Å². The highest BCUT2D eigenvalue weighted by atomic mass is 19.1. The van der Waals surface area contributed by atoms with Gasteiger partial charge in [0.25, 0.3) is 11.7 Å².